The van der Waals surface area contributed by atoms with Gasteiger partial charge in [-0.05, 0) is 50.4 Å². The molecular weight excluding hydrogens is 316 g/mol. The number of aromatic nitrogens is 2. The van der Waals surface area contributed by atoms with E-state index in [0.717, 1.165) is 43.7 Å². The second-order valence-electron chi connectivity index (χ2n) is 6.23. The Balaban J connectivity index is 1.52. The van der Waals surface area contributed by atoms with E-state index in [0.29, 0.717) is 24.9 Å². The second-order valence-corrected chi connectivity index (χ2v) is 6.23. The molecule has 25 heavy (non-hydrogen) atoms. The first-order valence-corrected chi connectivity index (χ1v) is 9.02. The van der Waals surface area contributed by atoms with E-state index in [9.17, 15) is 4.79 Å². The van der Waals surface area contributed by atoms with Crippen molar-refractivity contribution in [3.8, 4) is 5.75 Å². The lowest BCUT2D eigenvalue weighted by molar-refractivity contribution is 0.0947. The molecule has 6 heteroatoms. The van der Waals surface area contributed by atoms with Crippen LogP contribution in [-0.2, 0) is 6.42 Å². The summed E-state index contributed by atoms with van der Waals surface area (Å²) in [4.78, 5) is 12.3. The van der Waals surface area contributed by atoms with Crippen molar-refractivity contribution >= 4 is 5.91 Å². The van der Waals surface area contributed by atoms with E-state index in [4.69, 9.17) is 4.74 Å². The highest BCUT2D eigenvalue weighted by Crippen LogP contribution is 2.18. The lowest BCUT2D eigenvalue weighted by Crippen LogP contribution is -2.32. The van der Waals surface area contributed by atoms with E-state index in [1.54, 1.807) is 6.07 Å². The van der Waals surface area contributed by atoms with Crippen LogP contribution in [0.3, 0.4) is 0 Å². The number of ether oxygens (including phenoxy) is 1. The highest BCUT2D eigenvalue weighted by atomic mass is 16.5. The molecule has 1 fully saturated rings. The molecule has 6 nitrogen and oxygen atoms in total. The van der Waals surface area contributed by atoms with Crippen LogP contribution in [0.25, 0.3) is 0 Å². The van der Waals surface area contributed by atoms with Gasteiger partial charge in [0.25, 0.3) is 5.91 Å². The van der Waals surface area contributed by atoms with Gasteiger partial charge in [0.2, 0.25) is 0 Å². The Hall–Kier alpha value is -2.34. The Morgan fingerprint density at radius 1 is 1.40 bits per heavy atom. The minimum absolute atomic E-state index is 0.128. The van der Waals surface area contributed by atoms with Gasteiger partial charge in [-0.15, -0.1) is 0 Å². The summed E-state index contributed by atoms with van der Waals surface area (Å²) in [5, 5.41) is 10.8. The fourth-order valence-electron chi connectivity index (χ4n) is 3.13. The number of carbonyl (C=O) groups excluding carboxylic acids is 1. The number of rotatable bonds is 7. The van der Waals surface area contributed by atoms with Crippen LogP contribution in [0.15, 0.2) is 36.5 Å². The van der Waals surface area contributed by atoms with E-state index in [-0.39, 0.29) is 5.91 Å². The van der Waals surface area contributed by atoms with Crippen LogP contribution in [-0.4, -0.2) is 41.9 Å². The number of hydrogen-bond donors (Lipinski definition) is 2. The highest BCUT2D eigenvalue weighted by Gasteiger charge is 2.17. The summed E-state index contributed by atoms with van der Waals surface area (Å²) in [7, 11) is 0. The van der Waals surface area contributed by atoms with Crippen molar-refractivity contribution < 1.29 is 9.53 Å². The molecule has 1 unspecified atom stereocenters. The van der Waals surface area contributed by atoms with Gasteiger partial charge in [-0.25, -0.2) is 0 Å². The van der Waals surface area contributed by atoms with E-state index in [1.807, 2.05) is 42.1 Å². The van der Waals surface area contributed by atoms with E-state index >= 15 is 0 Å². The minimum Gasteiger partial charge on any atom is -0.494 e. The molecule has 2 N–H and O–H groups in total. The number of carbonyl (C=O) groups is 1. The third kappa shape index (κ3) is 4.60. The first-order valence-electron chi connectivity index (χ1n) is 9.02. The first-order chi connectivity index (χ1) is 12.3. The Bertz CT molecular complexity index is 692. The summed E-state index contributed by atoms with van der Waals surface area (Å²) in [5.74, 6) is 0.754. The van der Waals surface area contributed by atoms with Crippen LogP contribution >= 0.6 is 0 Å². The zero-order chi connectivity index (χ0) is 17.5. The summed E-state index contributed by atoms with van der Waals surface area (Å²) < 4.78 is 7.52. The van der Waals surface area contributed by atoms with Gasteiger partial charge in [0.15, 0.2) is 0 Å². The van der Waals surface area contributed by atoms with Crippen LogP contribution in [0.5, 0.6) is 5.75 Å². The maximum atomic E-state index is 12.3. The highest BCUT2D eigenvalue weighted by molar-refractivity contribution is 5.92. The van der Waals surface area contributed by atoms with E-state index in [1.165, 1.54) is 0 Å². The fourth-order valence-corrected chi connectivity index (χ4v) is 3.13. The van der Waals surface area contributed by atoms with Crippen LogP contribution in [0, 0.1) is 0 Å². The Kier molecular flexibility index (Phi) is 6.06. The van der Waals surface area contributed by atoms with Gasteiger partial charge in [-0.3, -0.25) is 9.48 Å². The number of nitrogens with zero attached hydrogens (tertiary/aromatic N) is 2. The lowest BCUT2D eigenvalue weighted by atomic mass is 10.1. The van der Waals surface area contributed by atoms with Crippen LogP contribution in [0.2, 0.25) is 0 Å². The molecule has 1 aromatic heterocycles. The third-order valence-corrected chi connectivity index (χ3v) is 4.44. The van der Waals surface area contributed by atoms with Gasteiger partial charge in [-0.1, -0.05) is 18.2 Å². The molecule has 1 aliphatic heterocycles. The van der Waals surface area contributed by atoms with E-state index < -0.39 is 0 Å². The van der Waals surface area contributed by atoms with Gasteiger partial charge in [-0.2, -0.15) is 5.10 Å². The van der Waals surface area contributed by atoms with Crippen molar-refractivity contribution in [2.75, 3.05) is 26.2 Å². The molecule has 1 amide bonds. The normalized spacial score (nSPS) is 17.2. The monoisotopic (exact) mass is 342 g/mol. The number of hydrogen-bond acceptors (Lipinski definition) is 4. The van der Waals surface area contributed by atoms with E-state index in [2.05, 4.69) is 15.7 Å². The molecule has 0 saturated carbocycles. The summed E-state index contributed by atoms with van der Waals surface area (Å²) >= 11 is 0. The Morgan fingerprint density at radius 2 is 2.28 bits per heavy atom. The molecule has 1 aromatic carbocycles. The smallest absolute Gasteiger partial charge is 0.271 e. The molecule has 0 aliphatic carbocycles. The van der Waals surface area contributed by atoms with Crippen molar-refractivity contribution in [3.05, 3.63) is 47.8 Å². The molecule has 0 radical (unpaired) electrons. The molecule has 0 bridgehead atoms. The molecule has 2 heterocycles. The molecule has 1 atom stereocenters. The third-order valence-electron chi connectivity index (χ3n) is 4.44. The zero-order valence-corrected chi connectivity index (χ0v) is 14.7. The number of nitrogens with one attached hydrogen (secondary N) is 2. The van der Waals surface area contributed by atoms with Gasteiger partial charge in [0, 0.05) is 19.3 Å². The van der Waals surface area contributed by atoms with Crippen LogP contribution in [0.1, 0.15) is 41.9 Å². The van der Waals surface area contributed by atoms with Crippen molar-refractivity contribution in [1.29, 1.82) is 0 Å². The molecule has 1 aliphatic rings. The molecule has 1 saturated heterocycles. The summed E-state index contributed by atoms with van der Waals surface area (Å²) in [5.41, 5.74) is 1.58. The maximum absolute atomic E-state index is 12.3. The predicted octanol–water partition coefficient (Wildman–Crippen LogP) is 2.18. The lowest BCUT2D eigenvalue weighted by Gasteiger charge is -2.22. The van der Waals surface area contributed by atoms with Gasteiger partial charge in [0.05, 0.1) is 12.6 Å². The summed E-state index contributed by atoms with van der Waals surface area (Å²) in [6, 6.07) is 10.1. The SMILES string of the molecule is CCOc1ccccc1CCNC(=O)c1ccn(C2CCCNC2)n1. The molecular formula is C19H26N4O2. The number of benzene rings is 1. The standard InChI is InChI=1S/C19H26N4O2/c1-2-25-18-8-4-3-6-15(18)9-12-21-19(24)17-10-13-23(22-17)16-7-5-11-20-14-16/h3-4,6,8,10,13,16,20H,2,5,7,9,11-12,14H2,1H3,(H,21,24). The van der Waals surface area contributed by atoms with Crippen LogP contribution in [0.4, 0.5) is 0 Å². The Labute approximate surface area is 148 Å². The average Bonchev–Trinajstić information content (AvgIpc) is 3.14. The zero-order valence-electron chi connectivity index (χ0n) is 14.7. The topological polar surface area (TPSA) is 68.2 Å². The van der Waals surface area contributed by atoms with Crippen LogP contribution < -0.4 is 15.4 Å². The first kappa shape index (κ1) is 17.5. The van der Waals surface area contributed by atoms with Crippen molar-refractivity contribution in [1.82, 2.24) is 20.4 Å². The summed E-state index contributed by atoms with van der Waals surface area (Å²) in [6.07, 6.45) is 4.88. The average molecular weight is 342 g/mol. The fraction of sp³-hybridized carbons (Fsp3) is 0.474. The minimum atomic E-state index is -0.128. The van der Waals surface area contributed by atoms with Crippen molar-refractivity contribution in [3.63, 3.8) is 0 Å². The van der Waals surface area contributed by atoms with Gasteiger partial charge in [0.1, 0.15) is 11.4 Å². The number of para-hydroxylation sites is 1. The van der Waals surface area contributed by atoms with Gasteiger partial charge < -0.3 is 15.4 Å². The largest absolute Gasteiger partial charge is 0.494 e. The molecule has 134 valence electrons. The maximum Gasteiger partial charge on any atom is 0.271 e. The second kappa shape index (κ2) is 8.67. The number of piperidine rings is 1. The van der Waals surface area contributed by atoms with Gasteiger partial charge >= 0.3 is 0 Å². The molecule has 0 spiro atoms. The Morgan fingerprint density at radius 3 is 3.08 bits per heavy atom. The molecule has 2 aromatic rings. The van der Waals surface area contributed by atoms with Crippen molar-refractivity contribution in [2.24, 2.45) is 0 Å². The predicted molar refractivity (Wildman–Crippen MR) is 97.0 cm³/mol. The number of amides is 1. The molecule has 3 rings (SSSR count). The quantitative estimate of drug-likeness (QED) is 0.809. The van der Waals surface area contributed by atoms with Crippen molar-refractivity contribution in [2.45, 2.75) is 32.2 Å². The summed E-state index contributed by atoms with van der Waals surface area (Å²) in [6.45, 7) is 5.14.